The molecule has 1 aromatic carbocycles. The van der Waals surface area contributed by atoms with Gasteiger partial charge >= 0.3 is 0 Å². The van der Waals surface area contributed by atoms with E-state index in [4.69, 9.17) is 0 Å². The topological polar surface area (TPSA) is 46.2 Å². The van der Waals surface area contributed by atoms with Gasteiger partial charge in [0, 0.05) is 23.3 Å². The largest absolute Gasteiger partial charge is 0.326 e. The van der Waals surface area contributed by atoms with Gasteiger partial charge in [-0.05, 0) is 25.0 Å². The highest BCUT2D eigenvalue weighted by Crippen LogP contribution is 2.23. The van der Waals surface area contributed by atoms with E-state index < -0.39 is 0 Å². The number of para-hydroxylation sites is 1. The van der Waals surface area contributed by atoms with Gasteiger partial charge in [0.1, 0.15) is 0 Å². The van der Waals surface area contributed by atoms with Crippen LogP contribution >= 0.6 is 11.8 Å². The third-order valence-electron chi connectivity index (χ3n) is 3.20. The van der Waals surface area contributed by atoms with E-state index in [1.54, 1.807) is 0 Å². The van der Waals surface area contributed by atoms with Crippen LogP contribution in [-0.2, 0) is 9.59 Å². The minimum absolute atomic E-state index is 0.0727. The number of hydrogen-bond acceptors (Lipinski definition) is 3. The van der Waals surface area contributed by atoms with E-state index >= 15 is 0 Å². The summed E-state index contributed by atoms with van der Waals surface area (Å²) in [5.74, 6) is 0.954. The molecule has 0 radical (unpaired) electrons. The summed E-state index contributed by atoms with van der Waals surface area (Å²) in [5.41, 5.74) is 0.602. The first-order valence-electron chi connectivity index (χ1n) is 7.92. The summed E-state index contributed by atoms with van der Waals surface area (Å²) >= 11 is 1.43. The van der Waals surface area contributed by atoms with Crippen LogP contribution in [0.1, 0.15) is 52.9 Å². The van der Waals surface area contributed by atoms with E-state index in [1.165, 1.54) is 11.8 Å². The van der Waals surface area contributed by atoms with Gasteiger partial charge in [0.05, 0.1) is 0 Å². The Labute approximate surface area is 138 Å². The molecule has 0 aliphatic carbocycles. The lowest BCUT2D eigenvalue weighted by molar-refractivity contribution is -0.117. The maximum atomic E-state index is 11.7. The number of carbonyl (C=O) groups is 2. The average molecular weight is 321 g/mol. The third kappa shape index (κ3) is 8.23. The van der Waals surface area contributed by atoms with Gasteiger partial charge < -0.3 is 5.32 Å². The molecule has 0 aliphatic rings. The van der Waals surface area contributed by atoms with Crippen molar-refractivity contribution in [3.8, 4) is 0 Å². The third-order valence-corrected chi connectivity index (χ3v) is 4.57. The summed E-state index contributed by atoms with van der Waals surface area (Å²) in [5, 5.41) is 3.15. The molecular weight excluding hydrogens is 294 g/mol. The van der Waals surface area contributed by atoms with Crippen LogP contribution in [0.25, 0.3) is 0 Å². The molecule has 0 aliphatic heterocycles. The van der Waals surface area contributed by atoms with Crippen LogP contribution in [0.3, 0.4) is 0 Å². The van der Waals surface area contributed by atoms with E-state index in [2.05, 4.69) is 5.32 Å². The number of unbranched alkanes of at least 4 members (excludes halogenated alkanes) is 3. The number of hydrogen-bond donors (Lipinski definition) is 1. The Kier molecular flexibility index (Phi) is 8.25. The number of rotatable bonds is 8. The number of amides is 1. The van der Waals surface area contributed by atoms with Crippen molar-refractivity contribution in [3.05, 3.63) is 30.3 Å². The summed E-state index contributed by atoms with van der Waals surface area (Å²) < 4.78 is 0. The van der Waals surface area contributed by atoms with Crippen LogP contribution in [0.2, 0.25) is 0 Å². The van der Waals surface area contributed by atoms with Gasteiger partial charge in [-0.3, -0.25) is 9.59 Å². The Morgan fingerprint density at radius 1 is 1.00 bits per heavy atom. The van der Waals surface area contributed by atoms with Crippen LogP contribution in [0, 0.1) is 5.41 Å². The van der Waals surface area contributed by atoms with Crippen molar-refractivity contribution < 1.29 is 9.59 Å². The molecule has 0 unspecified atom stereocenters. The van der Waals surface area contributed by atoms with Gasteiger partial charge in [0.2, 0.25) is 5.91 Å². The van der Waals surface area contributed by atoms with E-state index in [9.17, 15) is 9.59 Å². The lowest BCUT2D eigenvalue weighted by Gasteiger charge is -2.15. The summed E-state index contributed by atoms with van der Waals surface area (Å²) in [7, 11) is 0. The second kappa shape index (κ2) is 9.67. The highest BCUT2D eigenvalue weighted by molar-refractivity contribution is 8.13. The van der Waals surface area contributed by atoms with Crippen molar-refractivity contribution in [2.75, 3.05) is 11.1 Å². The number of carbonyl (C=O) groups excluding carboxylic acids is 2. The van der Waals surface area contributed by atoms with Crippen LogP contribution in [0.15, 0.2) is 30.3 Å². The van der Waals surface area contributed by atoms with Crippen molar-refractivity contribution in [1.82, 2.24) is 0 Å². The SMILES string of the molecule is CC(C)(C)C(=O)SCCCCCCC(=O)Nc1ccccc1. The molecule has 0 bridgehead atoms. The molecule has 1 aromatic rings. The fourth-order valence-electron chi connectivity index (χ4n) is 1.87. The van der Waals surface area contributed by atoms with E-state index in [0.717, 1.165) is 37.1 Å². The Bertz CT molecular complexity index is 466. The molecule has 0 fully saturated rings. The molecular formula is C18H27NO2S. The Balaban J connectivity index is 2.02. The van der Waals surface area contributed by atoms with E-state index in [-0.39, 0.29) is 16.4 Å². The maximum absolute atomic E-state index is 11.7. The predicted octanol–water partition coefficient (Wildman–Crippen LogP) is 4.88. The Morgan fingerprint density at radius 2 is 1.64 bits per heavy atom. The molecule has 1 amide bonds. The van der Waals surface area contributed by atoms with Gasteiger partial charge in [0.15, 0.2) is 5.12 Å². The van der Waals surface area contributed by atoms with Gasteiger partial charge in [-0.2, -0.15) is 0 Å². The van der Waals surface area contributed by atoms with Gasteiger partial charge in [-0.15, -0.1) is 0 Å². The Hall–Kier alpha value is -1.29. The predicted molar refractivity (Wildman–Crippen MR) is 95.1 cm³/mol. The zero-order valence-electron chi connectivity index (χ0n) is 13.9. The minimum Gasteiger partial charge on any atom is -0.326 e. The quantitative estimate of drug-likeness (QED) is 0.694. The van der Waals surface area contributed by atoms with E-state index in [0.29, 0.717) is 6.42 Å². The molecule has 0 saturated carbocycles. The number of nitrogens with one attached hydrogen (secondary N) is 1. The van der Waals surface area contributed by atoms with Crippen LogP contribution in [0.5, 0.6) is 0 Å². The smallest absolute Gasteiger partial charge is 0.224 e. The number of benzene rings is 1. The second-order valence-corrected chi connectivity index (χ2v) is 7.53. The molecule has 0 aromatic heterocycles. The summed E-state index contributed by atoms with van der Waals surface area (Å²) in [6.07, 6.45) is 4.60. The first-order valence-corrected chi connectivity index (χ1v) is 8.90. The summed E-state index contributed by atoms with van der Waals surface area (Å²) in [6.45, 7) is 5.86. The van der Waals surface area contributed by atoms with Crippen molar-refractivity contribution in [2.24, 2.45) is 5.41 Å². The minimum atomic E-state index is -0.250. The zero-order valence-corrected chi connectivity index (χ0v) is 14.7. The first kappa shape index (κ1) is 18.8. The molecule has 1 N–H and O–H groups in total. The van der Waals surface area contributed by atoms with Gasteiger partial charge in [0.25, 0.3) is 0 Å². The monoisotopic (exact) mass is 321 g/mol. The fraction of sp³-hybridized carbons (Fsp3) is 0.556. The lowest BCUT2D eigenvalue weighted by atomic mass is 10.00. The molecule has 122 valence electrons. The Morgan fingerprint density at radius 3 is 2.27 bits per heavy atom. The van der Waals surface area contributed by atoms with Crippen LogP contribution in [0.4, 0.5) is 5.69 Å². The normalized spacial score (nSPS) is 11.2. The number of thioether (sulfide) groups is 1. The van der Waals surface area contributed by atoms with Gasteiger partial charge in [-0.1, -0.05) is 63.6 Å². The molecule has 4 heteroatoms. The molecule has 0 saturated heterocycles. The zero-order chi connectivity index (χ0) is 16.4. The standard InChI is InChI=1S/C18H27NO2S/c1-18(2,3)17(21)22-14-10-5-4-9-13-16(20)19-15-11-7-6-8-12-15/h6-8,11-12H,4-5,9-10,13-14H2,1-3H3,(H,19,20). The first-order chi connectivity index (χ1) is 10.4. The molecule has 22 heavy (non-hydrogen) atoms. The summed E-state index contributed by atoms with van der Waals surface area (Å²) in [6, 6.07) is 9.53. The summed E-state index contributed by atoms with van der Waals surface area (Å²) in [4.78, 5) is 23.5. The van der Waals surface area contributed by atoms with Crippen molar-refractivity contribution in [3.63, 3.8) is 0 Å². The van der Waals surface area contributed by atoms with Crippen LogP contribution < -0.4 is 5.32 Å². The highest BCUT2D eigenvalue weighted by atomic mass is 32.2. The van der Waals surface area contributed by atoms with Crippen molar-refractivity contribution >= 4 is 28.5 Å². The fourth-order valence-corrected chi connectivity index (χ4v) is 2.83. The molecule has 0 heterocycles. The van der Waals surface area contributed by atoms with Crippen molar-refractivity contribution in [2.45, 2.75) is 52.9 Å². The molecule has 3 nitrogen and oxygen atoms in total. The maximum Gasteiger partial charge on any atom is 0.224 e. The molecule has 0 spiro atoms. The van der Waals surface area contributed by atoms with Crippen LogP contribution in [-0.4, -0.2) is 16.8 Å². The molecule has 0 atom stereocenters. The van der Waals surface area contributed by atoms with E-state index in [1.807, 2.05) is 51.1 Å². The second-order valence-electron chi connectivity index (χ2n) is 6.46. The average Bonchev–Trinajstić information content (AvgIpc) is 2.46. The van der Waals surface area contributed by atoms with Gasteiger partial charge in [-0.25, -0.2) is 0 Å². The lowest BCUT2D eigenvalue weighted by Crippen LogP contribution is -2.16. The number of anilines is 1. The van der Waals surface area contributed by atoms with Crippen molar-refractivity contribution in [1.29, 1.82) is 0 Å². The highest BCUT2D eigenvalue weighted by Gasteiger charge is 2.20. The molecule has 1 rings (SSSR count).